The van der Waals surface area contributed by atoms with Gasteiger partial charge in [-0.1, -0.05) is 0 Å². The van der Waals surface area contributed by atoms with E-state index in [0.29, 0.717) is 0 Å². The van der Waals surface area contributed by atoms with Crippen molar-refractivity contribution in [2.75, 3.05) is 13.1 Å². The fraction of sp³-hybridized carbons (Fsp3) is 0.714. The maximum atomic E-state index is 10.2. The van der Waals surface area contributed by atoms with Gasteiger partial charge < -0.3 is 10.8 Å². The van der Waals surface area contributed by atoms with E-state index in [1.54, 1.807) is 11.3 Å². The van der Waals surface area contributed by atoms with Gasteiger partial charge in [-0.05, 0) is 67.7 Å². The Morgan fingerprint density at radius 3 is 2.74 bits per heavy atom. The van der Waals surface area contributed by atoms with Gasteiger partial charge in [-0.3, -0.25) is 4.90 Å². The van der Waals surface area contributed by atoms with Gasteiger partial charge in [-0.25, -0.2) is 0 Å². The van der Waals surface area contributed by atoms with Crippen LogP contribution in [-0.4, -0.2) is 34.7 Å². The lowest BCUT2D eigenvalue weighted by atomic mass is 9.98. The fourth-order valence-corrected chi connectivity index (χ4v) is 4.50. The first kappa shape index (κ1) is 15.4. The summed E-state index contributed by atoms with van der Waals surface area (Å²) in [6.07, 6.45) is 2.73. The first-order valence-corrected chi connectivity index (χ1v) is 8.47. The SMILES string of the molecule is CC(N)C(c1ccc(Br)s1)N1CCCC(C)(O)CC1. The number of aliphatic hydroxyl groups is 1. The third kappa shape index (κ3) is 4.02. The topological polar surface area (TPSA) is 49.5 Å². The molecule has 0 radical (unpaired) electrons. The molecule has 0 saturated carbocycles. The highest BCUT2D eigenvalue weighted by Crippen LogP contribution is 2.34. The van der Waals surface area contributed by atoms with E-state index in [4.69, 9.17) is 5.73 Å². The fourth-order valence-electron chi connectivity index (χ4n) is 2.82. The van der Waals surface area contributed by atoms with Crippen molar-refractivity contribution in [3.63, 3.8) is 0 Å². The van der Waals surface area contributed by atoms with E-state index in [0.717, 1.165) is 36.1 Å². The number of nitrogens with zero attached hydrogens (tertiary/aromatic N) is 1. The molecular formula is C14H23BrN2OS. The minimum atomic E-state index is -0.521. The van der Waals surface area contributed by atoms with Gasteiger partial charge in [0.05, 0.1) is 15.4 Å². The van der Waals surface area contributed by atoms with E-state index < -0.39 is 5.60 Å². The molecule has 1 saturated heterocycles. The van der Waals surface area contributed by atoms with Gasteiger partial charge in [0.2, 0.25) is 0 Å². The molecule has 19 heavy (non-hydrogen) atoms. The Bertz CT molecular complexity index is 419. The first-order chi connectivity index (χ1) is 8.89. The van der Waals surface area contributed by atoms with E-state index in [1.165, 1.54) is 4.88 Å². The van der Waals surface area contributed by atoms with Gasteiger partial charge in [-0.15, -0.1) is 11.3 Å². The molecule has 3 unspecified atom stereocenters. The van der Waals surface area contributed by atoms with E-state index in [1.807, 2.05) is 6.92 Å². The lowest BCUT2D eigenvalue weighted by molar-refractivity contribution is 0.0425. The van der Waals surface area contributed by atoms with Gasteiger partial charge >= 0.3 is 0 Å². The zero-order chi connectivity index (χ0) is 14.0. The molecular weight excluding hydrogens is 324 g/mol. The monoisotopic (exact) mass is 346 g/mol. The Morgan fingerprint density at radius 1 is 1.42 bits per heavy atom. The van der Waals surface area contributed by atoms with Crippen LogP contribution in [0.3, 0.4) is 0 Å². The van der Waals surface area contributed by atoms with E-state index in [2.05, 4.69) is 39.9 Å². The average molecular weight is 347 g/mol. The molecule has 1 aromatic rings. The smallest absolute Gasteiger partial charge is 0.0702 e. The minimum Gasteiger partial charge on any atom is -0.390 e. The number of rotatable bonds is 3. The molecule has 1 aliphatic rings. The molecule has 3 atom stereocenters. The maximum absolute atomic E-state index is 10.2. The van der Waals surface area contributed by atoms with Gasteiger partial charge in [-0.2, -0.15) is 0 Å². The van der Waals surface area contributed by atoms with E-state index >= 15 is 0 Å². The Kier molecular flexibility index (Phi) is 5.06. The van der Waals surface area contributed by atoms with Crippen LogP contribution >= 0.6 is 27.3 Å². The maximum Gasteiger partial charge on any atom is 0.0702 e. The van der Waals surface area contributed by atoms with Crippen LogP contribution in [-0.2, 0) is 0 Å². The number of thiophene rings is 1. The normalized spacial score (nSPS) is 28.9. The second kappa shape index (κ2) is 6.22. The van der Waals surface area contributed by atoms with Crippen molar-refractivity contribution < 1.29 is 5.11 Å². The van der Waals surface area contributed by atoms with Gasteiger partial charge in [0.15, 0.2) is 0 Å². The Morgan fingerprint density at radius 2 is 2.16 bits per heavy atom. The van der Waals surface area contributed by atoms with Crippen LogP contribution in [0.1, 0.15) is 44.0 Å². The van der Waals surface area contributed by atoms with E-state index in [-0.39, 0.29) is 12.1 Å². The molecule has 0 spiro atoms. The largest absolute Gasteiger partial charge is 0.390 e. The first-order valence-electron chi connectivity index (χ1n) is 6.86. The summed E-state index contributed by atoms with van der Waals surface area (Å²) < 4.78 is 1.15. The molecule has 1 aromatic heterocycles. The van der Waals surface area contributed by atoms with Gasteiger partial charge in [0.1, 0.15) is 0 Å². The van der Waals surface area contributed by atoms with Crippen molar-refractivity contribution in [3.8, 4) is 0 Å². The minimum absolute atomic E-state index is 0.0913. The summed E-state index contributed by atoms with van der Waals surface area (Å²) in [6.45, 7) is 5.94. The van der Waals surface area contributed by atoms with E-state index in [9.17, 15) is 5.11 Å². The Balaban J connectivity index is 2.15. The number of hydrogen-bond donors (Lipinski definition) is 2. The molecule has 108 valence electrons. The second-order valence-electron chi connectivity index (χ2n) is 5.83. The molecule has 1 fully saturated rings. The van der Waals surface area contributed by atoms with Crippen LogP contribution < -0.4 is 5.73 Å². The average Bonchev–Trinajstić information content (AvgIpc) is 2.63. The zero-order valence-electron chi connectivity index (χ0n) is 11.6. The molecule has 1 aliphatic heterocycles. The number of halogens is 1. The molecule has 0 bridgehead atoms. The van der Waals surface area contributed by atoms with Crippen LogP contribution in [0.5, 0.6) is 0 Å². The summed E-state index contributed by atoms with van der Waals surface area (Å²) in [5, 5.41) is 10.2. The molecule has 2 heterocycles. The van der Waals surface area contributed by atoms with Crippen molar-refractivity contribution in [3.05, 3.63) is 20.8 Å². The van der Waals surface area contributed by atoms with Crippen LogP contribution in [0.2, 0.25) is 0 Å². The summed E-state index contributed by atoms with van der Waals surface area (Å²) in [4.78, 5) is 3.74. The van der Waals surface area contributed by atoms with Crippen molar-refractivity contribution in [2.45, 2.75) is 50.8 Å². The predicted octanol–water partition coefficient (Wildman–Crippen LogP) is 3.14. The summed E-state index contributed by atoms with van der Waals surface area (Å²) >= 11 is 5.28. The van der Waals surface area contributed by atoms with Crippen molar-refractivity contribution in [1.82, 2.24) is 4.90 Å². The summed E-state index contributed by atoms with van der Waals surface area (Å²) in [6, 6.07) is 4.59. The highest BCUT2D eigenvalue weighted by atomic mass is 79.9. The molecule has 2 rings (SSSR count). The predicted molar refractivity (Wildman–Crippen MR) is 84.5 cm³/mol. The second-order valence-corrected chi connectivity index (χ2v) is 8.33. The highest BCUT2D eigenvalue weighted by molar-refractivity contribution is 9.11. The number of nitrogens with two attached hydrogens (primary N) is 1. The van der Waals surface area contributed by atoms with Crippen molar-refractivity contribution in [1.29, 1.82) is 0 Å². The molecule has 0 aromatic carbocycles. The lowest BCUT2D eigenvalue weighted by Gasteiger charge is -2.33. The molecule has 0 amide bonds. The highest BCUT2D eigenvalue weighted by Gasteiger charge is 2.31. The molecule has 3 nitrogen and oxygen atoms in total. The zero-order valence-corrected chi connectivity index (χ0v) is 14.0. The third-order valence-corrected chi connectivity index (χ3v) is 5.57. The van der Waals surface area contributed by atoms with Crippen LogP contribution in [0.15, 0.2) is 15.9 Å². The van der Waals surface area contributed by atoms with Crippen LogP contribution in [0, 0.1) is 0 Å². The Hall–Kier alpha value is 0.0600. The summed E-state index contributed by atoms with van der Waals surface area (Å²) in [5.74, 6) is 0. The van der Waals surface area contributed by atoms with Crippen LogP contribution in [0.25, 0.3) is 0 Å². The quantitative estimate of drug-likeness (QED) is 0.883. The number of likely N-dealkylation sites (tertiary alicyclic amines) is 1. The summed E-state index contributed by atoms with van der Waals surface area (Å²) in [5.41, 5.74) is 5.69. The standard InChI is InChI=1S/C14H23BrN2OS/c1-10(16)13(11-4-5-12(15)19-11)17-8-3-6-14(2,18)7-9-17/h4-5,10,13,18H,3,6-9,16H2,1-2H3. The van der Waals surface area contributed by atoms with Crippen molar-refractivity contribution >= 4 is 27.3 Å². The van der Waals surface area contributed by atoms with Gasteiger partial charge in [0.25, 0.3) is 0 Å². The molecule has 0 aliphatic carbocycles. The van der Waals surface area contributed by atoms with Gasteiger partial charge in [0, 0.05) is 17.5 Å². The Labute approximate surface area is 127 Å². The molecule has 3 N–H and O–H groups in total. The number of hydrogen-bond acceptors (Lipinski definition) is 4. The van der Waals surface area contributed by atoms with Crippen LogP contribution in [0.4, 0.5) is 0 Å². The van der Waals surface area contributed by atoms with Crippen molar-refractivity contribution in [2.24, 2.45) is 5.73 Å². The molecule has 5 heteroatoms. The lowest BCUT2D eigenvalue weighted by Crippen LogP contribution is -2.40. The third-order valence-electron chi connectivity index (χ3n) is 3.88. The summed E-state index contributed by atoms with van der Waals surface area (Å²) in [7, 11) is 0.